The summed E-state index contributed by atoms with van der Waals surface area (Å²) in [6.07, 6.45) is 5.34. The number of hydrogen-bond acceptors (Lipinski definition) is 6. The lowest BCUT2D eigenvalue weighted by Crippen LogP contribution is -2.29. The molecule has 1 unspecified atom stereocenters. The SMILES string of the molecule is CC.Cn1c(CNc2cccc(C(=O)N[C@@H](CF)c3ccccc3)c2)nnc1C1C=CNC=N1.[HH].[HH]. The first-order valence-corrected chi connectivity index (χ1v) is 11.2. The van der Waals surface area contributed by atoms with Gasteiger partial charge in [0, 0.05) is 27.4 Å². The van der Waals surface area contributed by atoms with Crippen LogP contribution in [0.25, 0.3) is 0 Å². The van der Waals surface area contributed by atoms with Crippen LogP contribution in [0, 0.1) is 0 Å². The number of carbonyl (C=O) groups is 1. The number of rotatable bonds is 8. The molecule has 0 bridgehead atoms. The molecule has 34 heavy (non-hydrogen) atoms. The Morgan fingerprint density at radius 1 is 1.18 bits per heavy atom. The quantitative estimate of drug-likeness (QED) is 0.451. The lowest BCUT2D eigenvalue weighted by atomic mass is 10.1. The van der Waals surface area contributed by atoms with Crippen molar-refractivity contribution in [3.8, 4) is 0 Å². The maximum atomic E-state index is 13.5. The number of alkyl halides is 1. The Hall–Kier alpha value is -4.01. The summed E-state index contributed by atoms with van der Waals surface area (Å²) in [4.78, 5) is 17.0. The van der Waals surface area contributed by atoms with Crippen LogP contribution in [-0.2, 0) is 13.6 Å². The highest BCUT2D eigenvalue weighted by Gasteiger charge is 2.18. The van der Waals surface area contributed by atoms with E-state index in [0.29, 0.717) is 12.1 Å². The van der Waals surface area contributed by atoms with E-state index in [1.807, 2.05) is 62.0 Å². The van der Waals surface area contributed by atoms with Crippen LogP contribution in [0.3, 0.4) is 0 Å². The summed E-state index contributed by atoms with van der Waals surface area (Å²) in [6.45, 7) is 3.74. The normalized spacial score (nSPS) is 15.0. The largest absolute Gasteiger partial charge is 0.378 e. The predicted octanol–water partition coefficient (Wildman–Crippen LogP) is 4.57. The number of aromatic nitrogens is 3. The van der Waals surface area contributed by atoms with E-state index in [9.17, 15) is 9.18 Å². The van der Waals surface area contributed by atoms with E-state index in [0.717, 1.165) is 22.9 Å². The number of amides is 1. The van der Waals surface area contributed by atoms with Gasteiger partial charge in [0.05, 0.1) is 18.9 Å². The zero-order valence-electron chi connectivity index (χ0n) is 19.6. The molecule has 2 aromatic carbocycles. The Balaban J connectivity index is 0.00000158. The molecule has 1 aromatic heterocycles. The van der Waals surface area contributed by atoms with Crippen molar-refractivity contribution in [3.63, 3.8) is 0 Å². The average molecular weight is 468 g/mol. The summed E-state index contributed by atoms with van der Waals surface area (Å²) in [6, 6.07) is 15.3. The molecule has 1 aliphatic rings. The van der Waals surface area contributed by atoms with Gasteiger partial charge >= 0.3 is 0 Å². The van der Waals surface area contributed by atoms with Crippen LogP contribution in [0.4, 0.5) is 10.1 Å². The van der Waals surface area contributed by atoms with E-state index >= 15 is 0 Å². The minimum atomic E-state index is -0.691. The molecule has 0 radical (unpaired) electrons. The third kappa shape index (κ3) is 6.06. The molecule has 0 saturated carbocycles. The van der Waals surface area contributed by atoms with Gasteiger partial charge in [-0.1, -0.05) is 50.2 Å². The maximum Gasteiger partial charge on any atom is 0.251 e. The Morgan fingerprint density at radius 3 is 2.68 bits per heavy atom. The van der Waals surface area contributed by atoms with E-state index in [4.69, 9.17) is 0 Å². The first-order valence-electron chi connectivity index (χ1n) is 11.2. The number of carbonyl (C=O) groups excluding carboxylic acids is 1. The summed E-state index contributed by atoms with van der Waals surface area (Å²) in [5.74, 6) is 1.14. The summed E-state index contributed by atoms with van der Waals surface area (Å²) in [5.41, 5.74) is 1.92. The zero-order chi connectivity index (χ0) is 24.3. The van der Waals surface area contributed by atoms with Gasteiger partial charge in [0.25, 0.3) is 5.91 Å². The minimum Gasteiger partial charge on any atom is -0.378 e. The second-order valence-corrected chi connectivity index (χ2v) is 7.31. The molecule has 182 valence electrons. The molecular formula is C25H34FN7O. The summed E-state index contributed by atoms with van der Waals surface area (Å²) >= 11 is 0. The Morgan fingerprint density at radius 2 is 1.97 bits per heavy atom. The number of benzene rings is 2. The molecule has 3 N–H and O–H groups in total. The molecule has 1 aliphatic heterocycles. The topological polar surface area (TPSA) is 96.2 Å². The lowest BCUT2D eigenvalue weighted by molar-refractivity contribution is 0.0930. The van der Waals surface area contributed by atoms with E-state index in [-0.39, 0.29) is 14.8 Å². The molecule has 0 saturated heterocycles. The average Bonchev–Trinajstić information content (AvgIpc) is 3.28. The molecule has 3 aromatic rings. The van der Waals surface area contributed by atoms with Crippen molar-refractivity contribution in [3.05, 3.63) is 89.6 Å². The monoisotopic (exact) mass is 467 g/mol. The maximum absolute atomic E-state index is 13.5. The fraction of sp³-hybridized carbons (Fsp3) is 0.280. The summed E-state index contributed by atoms with van der Waals surface area (Å²) < 4.78 is 15.4. The molecule has 0 fully saturated rings. The van der Waals surface area contributed by atoms with Crippen molar-refractivity contribution < 1.29 is 12.0 Å². The Bertz CT molecular complexity index is 1130. The van der Waals surface area contributed by atoms with Crippen molar-refractivity contribution in [2.45, 2.75) is 32.5 Å². The molecule has 9 heteroatoms. The van der Waals surface area contributed by atoms with Crippen molar-refractivity contribution in [1.82, 2.24) is 25.4 Å². The third-order valence-corrected chi connectivity index (χ3v) is 5.18. The van der Waals surface area contributed by atoms with Gasteiger partial charge in [-0.2, -0.15) is 0 Å². The Labute approximate surface area is 202 Å². The number of anilines is 1. The molecular weight excluding hydrogens is 433 g/mol. The van der Waals surface area contributed by atoms with Gasteiger partial charge in [-0.3, -0.25) is 9.79 Å². The molecule has 2 heterocycles. The smallest absolute Gasteiger partial charge is 0.251 e. The molecule has 0 spiro atoms. The van der Waals surface area contributed by atoms with Gasteiger partial charge in [0.15, 0.2) is 11.6 Å². The van der Waals surface area contributed by atoms with Gasteiger partial charge in [0.1, 0.15) is 12.7 Å². The first-order chi connectivity index (χ1) is 16.7. The van der Waals surface area contributed by atoms with Crippen LogP contribution in [0.5, 0.6) is 0 Å². The standard InChI is InChI=1S/C23H24FN7O.C2H6.2H2/c1-31-21(29-30-22(31)19-10-11-25-15-27-19)14-26-18-9-5-8-17(12-18)23(32)28-20(13-24)16-6-3-2-4-7-16;1-2;;/h2-12,15,19-20,26H,13-14H2,1H3,(H,25,27)(H,28,32);1-2H3;2*1H/t19?,20-;;;/m0.../s1. The van der Waals surface area contributed by atoms with Gasteiger partial charge in [-0.15, -0.1) is 10.2 Å². The van der Waals surface area contributed by atoms with E-state index in [1.54, 1.807) is 36.7 Å². The predicted molar refractivity (Wildman–Crippen MR) is 136 cm³/mol. The van der Waals surface area contributed by atoms with Crippen molar-refractivity contribution in [2.75, 3.05) is 12.0 Å². The van der Waals surface area contributed by atoms with Crippen molar-refractivity contribution in [2.24, 2.45) is 12.0 Å². The van der Waals surface area contributed by atoms with E-state index in [2.05, 4.69) is 31.1 Å². The van der Waals surface area contributed by atoms with Crippen LogP contribution >= 0.6 is 0 Å². The second-order valence-electron chi connectivity index (χ2n) is 7.31. The van der Waals surface area contributed by atoms with Crippen LogP contribution in [0.1, 0.15) is 56.4 Å². The number of nitrogens with zero attached hydrogens (tertiary/aromatic N) is 4. The van der Waals surface area contributed by atoms with Crippen molar-refractivity contribution >= 4 is 17.9 Å². The second kappa shape index (κ2) is 12.3. The van der Waals surface area contributed by atoms with Gasteiger partial charge in [0.2, 0.25) is 0 Å². The number of aliphatic imine (C=N–C) groups is 1. The van der Waals surface area contributed by atoms with Crippen LogP contribution in [0.2, 0.25) is 0 Å². The first kappa shape index (κ1) is 24.6. The molecule has 8 nitrogen and oxygen atoms in total. The Kier molecular flexibility index (Phi) is 8.90. The van der Waals surface area contributed by atoms with Crippen LogP contribution in [0.15, 0.2) is 71.9 Å². The number of halogens is 1. The lowest BCUT2D eigenvalue weighted by Gasteiger charge is -2.16. The fourth-order valence-corrected chi connectivity index (χ4v) is 3.39. The van der Waals surface area contributed by atoms with Crippen molar-refractivity contribution in [1.29, 1.82) is 0 Å². The minimum absolute atomic E-state index is 0. The van der Waals surface area contributed by atoms with E-state index in [1.165, 1.54) is 0 Å². The summed E-state index contributed by atoms with van der Waals surface area (Å²) in [7, 11) is 1.89. The number of nitrogens with one attached hydrogen (secondary N) is 3. The highest BCUT2D eigenvalue weighted by atomic mass is 19.1. The highest BCUT2D eigenvalue weighted by molar-refractivity contribution is 5.95. The molecule has 0 aliphatic carbocycles. The van der Waals surface area contributed by atoms with Crippen LogP contribution < -0.4 is 16.0 Å². The number of hydrogen-bond donors (Lipinski definition) is 3. The molecule has 1 amide bonds. The van der Waals surface area contributed by atoms with Crippen LogP contribution in [-0.4, -0.2) is 33.7 Å². The van der Waals surface area contributed by atoms with E-state index < -0.39 is 12.7 Å². The molecule has 2 atom stereocenters. The van der Waals surface area contributed by atoms with Gasteiger partial charge in [-0.25, -0.2) is 4.39 Å². The fourth-order valence-electron chi connectivity index (χ4n) is 3.39. The summed E-state index contributed by atoms with van der Waals surface area (Å²) in [5, 5.41) is 17.4. The molecule has 4 rings (SSSR count). The highest BCUT2D eigenvalue weighted by Crippen LogP contribution is 2.19. The van der Waals surface area contributed by atoms with Gasteiger partial charge < -0.3 is 20.5 Å². The zero-order valence-corrected chi connectivity index (χ0v) is 19.6. The third-order valence-electron chi connectivity index (χ3n) is 5.18. The van der Waals surface area contributed by atoms with Gasteiger partial charge in [-0.05, 0) is 29.8 Å².